The van der Waals surface area contributed by atoms with Gasteiger partial charge in [-0.1, -0.05) is 36.4 Å². The molecule has 2 nitrogen and oxygen atoms in total. The Labute approximate surface area is 132 Å². The van der Waals surface area contributed by atoms with Crippen molar-refractivity contribution in [3.63, 3.8) is 0 Å². The molecule has 0 aromatic heterocycles. The molecule has 0 radical (unpaired) electrons. The van der Waals surface area contributed by atoms with Crippen molar-refractivity contribution < 1.29 is 4.74 Å². The van der Waals surface area contributed by atoms with E-state index in [-0.39, 0.29) is 12.4 Å². The quantitative estimate of drug-likeness (QED) is 0.915. The van der Waals surface area contributed by atoms with E-state index in [0.29, 0.717) is 5.92 Å². The van der Waals surface area contributed by atoms with Gasteiger partial charge >= 0.3 is 0 Å². The Balaban J connectivity index is 0.00000161. The summed E-state index contributed by atoms with van der Waals surface area (Å²) in [6.45, 7) is 2.25. The number of rotatable bonds is 3. The lowest BCUT2D eigenvalue weighted by Crippen LogP contribution is -2.26. The first-order chi connectivity index (χ1) is 9.88. The van der Waals surface area contributed by atoms with E-state index in [1.807, 2.05) is 12.1 Å². The molecule has 0 bridgehead atoms. The Bertz CT molecular complexity index is 562. The van der Waals surface area contributed by atoms with Crippen LogP contribution in [0.3, 0.4) is 0 Å². The van der Waals surface area contributed by atoms with Crippen molar-refractivity contribution in [3.8, 4) is 16.9 Å². The lowest BCUT2D eigenvalue weighted by Gasteiger charge is -2.25. The molecule has 112 valence electrons. The maximum atomic E-state index is 5.24. The van der Waals surface area contributed by atoms with Crippen molar-refractivity contribution >= 4 is 12.4 Å². The third-order valence-corrected chi connectivity index (χ3v) is 4.14. The zero-order chi connectivity index (χ0) is 13.8. The van der Waals surface area contributed by atoms with Crippen LogP contribution in [-0.4, -0.2) is 20.2 Å². The highest BCUT2D eigenvalue weighted by atomic mass is 35.5. The Morgan fingerprint density at radius 2 is 1.62 bits per heavy atom. The van der Waals surface area contributed by atoms with Crippen molar-refractivity contribution in [3.05, 3.63) is 54.1 Å². The van der Waals surface area contributed by atoms with Gasteiger partial charge < -0.3 is 10.1 Å². The Morgan fingerprint density at radius 3 is 2.29 bits per heavy atom. The minimum Gasteiger partial charge on any atom is -0.497 e. The van der Waals surface area contributed by atoms with Gasteiger partial charge in [0.1, 0.15) is 5.75 Å². The van der Waals surface area contributed by atoms with E-state index in [0.717, 1.165) is 18.8 Å². The van der Waals surface area contributed by atoms with Crippen LogP contribution in [0.2, 0.25) is 0 Å². The van der Waals surface area contributed by atoms with Gasteiger partial charge in [0, 0.05) is 0 Å². The Hall–Kier alpha value is -1.51. The fourth-order valence-electron chi connectivity index (χ4n) is 3.02. The third kappa shape index (κ3) is 3.58. The van der Waals surface area contributed by atoms with Crippen LogP contribution in [-0.2, 0) is 0 Å². The van der Waals surface area contributed by atoms with E-state index in [1.54, 1.807) is 7.11 Å². The topological polar surface area (TPSA) is 21.3 Å². The normalized spacial score (nSPS) is 15.3. The average Bonchev–Trinajstić information content (AvgIpc) is 2.56. The highest BCUT2D eigenvalue weighted by molar-refractivity contribution is 5.85. The minimum absolute atomic E-state index is 0. The summed E-state index contributed by atoms with van der Waals surface area (Å²) in [5.74, 6) is 1.59. The summed E-state index contributed by atoms with van der Waals surface area (Å²) in [6.07, 6.45) is 2.46. The predicted octanol–water partition coefficient (Wildman–Crippen LogP) is 4.25. The molecule has 0 saturated carbocycles. The van der Waals surface area contributed by atoms with Crippen molar-refractivity contribution in [1.82, 2.24) is 5.32 Å². The van der Waals surface area contributed by atoms with Gasteiger partial charge in [-0.3, -0.25) is 0 Å². The number of benzene rings is 2. The maximum absolute atomic E-state index is 5.24. The molecule has 2 aromatic rings. The fraction of sp³-hybridized carbons (Fsp3) is 0.333. The summed E-state index contributed by atoms with van der Waals surface area (Å²) in [7, 11) is 1.71. The molecule has 1 aliphatic rings. The van der Waals surface area contributed by atoms with E-state index in [9.17, 15) is 0 Å². The first-order valence-electron chi connectivity index (χ1n) is 7.32. The molecule has 0 spiro atoms. The highest BCUT2D eigenvalue weighted by Crippen LogP contribution is 2.34. The van der Waals surface area contributed by atoms with Gasteiger partial charge in [0.25, 0.3) is 0 Å². The van der Waals surface area contributed by atoms with Crippen molar-refractivity contribution in [1.29, 1.82) is 0 Å². The number of hydrogen-bond donors (Lipinski definition) is 1. The van der Waals surface area contributed by atoms with Crippen molar-refractivity contribution in [2.45, 2.75) is 18.8 Å². The summed E-state index contributed by atoms with van der Waals surface area (Å²) in [4.78, 5) is 0. The fourth-order valence-corrected chi connectivity index (χ4v) is 3.02. The molecule has 2 aromatic carbocycles. The minimum atomic E-state index is 0. The molecule has 0 atom stereocenters. The lowest BCUT2D eigenvalue weighted by molar-refractivity contribution is 0.415. The molecule has 1 heterocycles. The second kappa shape index (κ2) is 7.48. The molecule has 0 unspecified atom stereocenters. The summed E-state index contributed by atoms with van der Waals surface area (Å²) in [6, 6.07) is 17.2. The number of ether oxygens (including phenoxy) is 1. The molecular weight excluding hydrogens is 282 g/mol. The predicted molar refractivity (Wildman–Crippen MR) is 90.5 cm³/mol. The number of hydrogen-bond acceptors (Lipinski definition) is 2. The molecule has 1 aliphatic heterocycles. The average molecular weight is 304 g/mol. The molecular formula is C18H22ClNO. The SMILES string of the molecule is COc1ccc(-c2ccccc2C2CCNCC2)cc1.Cl. The van der Waals surface area contributed by atoms with Gasteiger partial charge in [0.15, 0.2) is 0 Å². The number of nitrogens with one attached hydrogen (secondary N) is 1. The van der Waals surface area contributed by atoms with Crippen LogP contribution in [0, 0.1) is 0 Å². The molecule has 21 heavy (non-hydrogen) atoms. The molecule has 3 heteroatoms. The van der Waals surface area contributed by atoms with Gasteiger partial charge in [0.2, 0.25) is 0 Å². The van der Waals surface area contributed by atoms with Crippen molar-refractivity contribution in [2.75, 3.05) is 20.2 Å². The third-order valence-electron chi connectivity index (χ3n) is 4.14. The van der Waals surface area contributed by atoms with Crippen LogP contribution in [0.1, 0.15) is 24.3 Å². The summed E-state index contributed by atoms with van der Waals surface area (Å²) < 4.78 is 5.24. The molecule has 1 fully saturated rings. The summed E-state index contributed by atoms with van der Waals surface area (Å²) in [5.41, 5.74) is 4.13. The van der Waals surface area contributed by atoms with Crippen LogP contribution >= 0.6 is 12.4 Å². The van der Waals surface area contributed by atoms with Crippen LogP contribution in [0.15, 0.2) is 48.5 Å². The molecule has 0 aliphatic carbocycles. The van der Waals surface area contributed by atoms with E-state index >= 15 is 0 Å². The smallest absolute Gasteiger partial charge is 0.118 e. The number of piperidine rings is 1. The first-order valence-corrected chi connectivity index (χ1v) is 7.32. The van der Waals surface area contributed by atoms with Crippen LogP contribution < -0.4 is 10.1 Å². The Morgan fingerprint density at radius 1 is 0.952 bits per heavy atom. The standard InChI is InChI=1S/C18H21NO.ClH/c1-20-16-8-6-14(7-9-16)17-4-2-3-5-18(17)15-10-12-19-13-11-15;/h2-9,15,19H,10-13H2,1H3;1H. The van der Waals surface area contributed by atoms with Crippen LogP contribution in [0.5, 0.6) is 5.75 Å². The van der Waals surface area contributed by atoms with E-state index < -0.39 is 0 Å². The summed E-state index contributed by atoms with van der Waals surface area (Å²) >= 11 is 0. The van der Waals surface area contributed by atoms with Crippen LogP contribution in [0.25, 0.3) is 11.1 Å². The van der Waals surface area contributed by atoms with Crippen molar-refractivity contribution in [2.24, 2.45) is 0 Å². The van der Waals surface area contributed by atoms with E-state index in [4.69, 9.17) is 4.74 Å². The molecule has 3 rings (SSSR count). The summed E-state index contributed by atoms with van der Waals surface area (Å²) in [5, 5.41) is 3.44. The number of methoxy groups -OCH3 is 1. The molecule has 0 amide bonds. The van der Waals surface area contributed by atoms with Gasteiger partial charge in [0.05, 0.1) is 7.11 Å². The zero-order valence-corrected chi connectivity index (χ0v) is 13.2. The Kier molecular flexibility index (Phi) is 5.66. The highest BCUT2D eigenvalue weighted by Gasteiger charge is 2.18. The molecule has 1 N–H and O–H groups in total. The van der Waals surface area contributed by atoms with Gasteiger partial charge in [-0.15, -0.1) is 12.4 Å². The number of halogens is 1. The van der Waals surface area contributed by atoms with Gasteiger partial charge in [-0.05, 0) is 60.7 Å². The van der Waals surface area contributed by atoms with Crippen LogP contribution in [0.4, 0.5) is 0 Å². The largest absolute Gasteiger partial charge is 0.497 e. The monoisotopic (exact) mass is 303 g/mol. The second-order valence-corrected chi connectivity index (χ2v) is 5.34. The maximum Gasteiger partial charge on any atom is 0.118 e. The second-order valence-electron chi connectivity index (χ2n) is 5.34. The van der Waals surface area contributed by atoms with Gasteiger partial charge in [-0.25, -0.2) is 0 Å². The first kappa shape index (κ1) is 15.9. The van der Waals surface area contributed by atoms with Gasteiger partial charge in [-0.2, -0.15) is 0 Å². The lowest BCUT2D eigenvalue weighted by atomic mass is 9.85. The van der Waals surface area contributed by atoms with E-state index in [1.165, 1.54) is 29.5 Å². The van der Waals surface area contributed by atoms with E-state index in [2.05, 4.69) is 41.7 Å². The molecule has 1 saturated heterocycles. The zero-order valence-electron chi connectivity index (χ0n) is 12.3.